The average Bonchev–Trinajstić information content (AvgIpc) is 2.29. The summed E-state index contributed by atoms with van der Waals surface area (Å²) >= 11 is 0. The Morgan fingerprint density at radius 2 is 2.18 bits per heavy atom. The van der Waals surface area contributed by atoms with Crippen molar-refractivity contribution in [2.75, 3.05) is 13.7 Å². The van der Waals surface area contributed by atoms with Crippen LogP contribution >= 0.6 is 0 Å². The minimum atomic E-state index is -4.34. The topological polar surface area (TPSA) is 45.0 Å². The summed E-state index contributed by atoms with van der Waals surface area (Å²) in [4.78, 5) is 0. The second-order valence-electron chi connectivity index (χ2n) is 3.33. The van der Waals surface area contributed by atoms with E-state index in [1.165, 1.54) is 13.2 Å². The number of methoxy groups -OCH3 is 1. The van der Waals surface area contributed by atoms with Crippen molar-refractivity contribution in [1.82, 2.24) is 5.32 Å². The van der Waals surface area contributed by atoms with E-state index < -0.39 is 18.8 Å². The lowest BCUT2D eigenvalue weighted by Gasteiger charge is -2.14. The Labute approximate surface area is 96.8 Å². The predicted octanol–water partition coefficient (Wildman–Crippen LogP) is 2.41. The molecule has 0 aliphatic carbocycles. The first-order valence-corrected chi connectivity index (χ1v) is 4.80. The smallest absolute Gasteiger partial charge is 0.401 e. The summed E-state index contributed by atoms with van der Waals surface area (Å²) in [5, 5.41) is 11.0. The van der Waals surface area contributed by atoms with E-state index >= 15 is 0 Å². The molecule has 1 atom stereocenters. The van der Waals surface area contributed by atoms with Gasteiger partial charge in [-0.1, -0.05) is 12.1 Å². The average molecular weight is 244 g/mol. The quantitative estimate of drug-likeness (QED) is 0.884. The lowest BCUT2D eigenvalue weighted by Crippen LogP contribution is -2.31. The Hall–Kier alpha value is -1.74. The zero-order valence-corrected chi connectivity index (χ0v) is 9.08. The van der Waals surface area contributed by atoms with Gasteiger partial charge in [0.25, 0.3) is 0 Å². The van der Waals surface area contributed by atoms with Gasteiger partial charge in [-0.15, -0.1) is 0 Å². The molecule has 1 N–H and O–H groups in total. The number of benzene rings is 1. The Morgan fingerprint density at radius 3 is 2.71 bits per heavy atom. The molecule has 0 heterocycles. The molecular formula is C11H11F3N2O. The fraction of sp³-hybridized carbons (Fsp3) is 0.364. The Bertz CT molecular complexity index is 412. The summed E-state index contributed by atoms with van der Waals surface area (Å²) in [6.07, 6.45) is -4.34. The molecule has 0 aliphatic rings. The largest absolute Gasteiger partial charge is 0.497 e. The van der Waals surface area contributed by atoms with E-state index in [-0.39, 0.29) is 0 Å². The van der Waals surface area contributed by atoms with Crippen molar-refractivity contribution in [2.24, 2.45) is 0 Å². The van der Waals surface area contributed by atoms with E-state index in [0.717, 1.165) is 0 Å². The van der Waals surface area contributed by atoms with E-state index in [1.54, 1.807) is 24.3 Å². The number of nitrogens with one attached hydrogen (secondary N) is 1. The summed E-state index contributed by atoms with van der Waals surface area (Å²) in [6.45, 7) is -1.21. The highest BCUT2D eigenvalue weighted by atomic mass is 19.4. The number of nitriles is 1. The zero-order chi connectivity index (χ0) is 12.9. The fourth-order valence-electron chi connectivity index (χ4n) is 1.28. The number of nitrogens with zero attached hydrogens (tertiary/aromatic N) is 1. The highest BCUT2D eigenvalue weighted by Crippen LogP contribution is 2.20. The third kappa shape index (κ3) is 4.33. The first kappa shape index (κ1) is 13.3. The van der Waals surface area contributed by atoms with Gasteiger partial charge in [-0.3, -0.25) is 5.32 Å². The summed E-state index contributed by atoms with van der Waals surface area (Å²) in [5.41, 5.74) is 0.441. The van der Waals surface area contributed by atoms with Crippen molar-refractivity contribution >= 4 is 0 Å². The van der Waals surface area contributed by atoms with Gasteiger partial charge >= 0.3 is 6.18 Å². The second-order valence-corrected chi connectivity index (χ2v) is 3.33. The molecule has 1 unspecified atom stereocenters. The SMILES string of the molecule is COc1cccc(C(C#N)NCC(F)(F)F)c1. The van der Waals surface area contributed by atoms with Crippen LogP contribution in [0, 0.1) is 11.3 Å². The van der Waals surface area contributed by atoms with Crippen LogP contribution in [-0.4, -0.2) is 19.8 Å². The van der Waals surface area contributed by atoms with Crippen LogP contribution in [0.2, 0.25) is 0 Å². The lowest BCUT2D eigenvalue weighted by atomic mass is 10.1. The van der Waals surface area contributed by atoms with Crippen LogP contribution in [0.5, 0.6) is 5.75 Å². The molecule has 0 bridgehead atoms. The molecule has 3 nitrogen and oxygen atoms in total. The van der Waals surface area contributed by atoms with Crippen molar-refractivity contribution in [3.8, 4) is 11.8 Å². The molecule has 6 heteroatoms. The van der Waals surface area contributed by atoms with Gasteiger partial charge in [0, 0.05) is 0 Å². The van der Waals surface area contributed by atoms with Crippen LogP contribution in [0.25, 0.3) is 0 Å². The van der Waals surface area contributed by atoms with Gasteiger partial charge in [-0.25, -0.2) is 0 Å². The Morgan fingerprint density at radius 1 is 1.47 bits per heavy atom. The zero-order valence-electron chi connectivity index (χ0n) is 9.08. The van der Waals surface area contributed by atoms with Crippen LogP contribution < -0.4 is 10.1 Å². The van der Waals surface area contributed by atoms with Crippen LogP contribution in [0.3, 0.4) is 0 Å². The van der Waals surface area contributed by atoms with Crippen molar-refractivity contribution < 1.29 is 17.9 Å². The number of alkyl halides is 3. The van der Waals surface area contributed by atoms with Gasteiger partial charge in [-0.05, 0) is 17.7 Å². The van der Waals surface area contributed by atoms with Crippen LogP contribution in [-0.2, 0) is 0 Å². The Kier molecular flexibility index (Phi) is 4.35. The molecule has 0 saturated heterocycles. The number of ether oxygens (including phenoxy) is 1. The van der Waals surface area contributed by atoms with E-state index in [0.29, 0.717) is 11.3 Å². The highest BCUT2D eigenvalue weighted by Gasteiger charge is 2.28. The van der Waals surface area contributed by atoms with Crippen LogP contribution in [0.15, 0.2) is 24.3 Å². The molecule has 17 heavy (non-hydrogen) atoms. The van der Waals surface area contributed by atoms with Crippen molar-refractivity contribution in [3.05, 3.63) is 29.8 Å². The first-order valence-electron chi connectivity index (χ1n) is 4.80. The third-order valence-electron chi connectivity index (χ3n) is 2.06. The summed E-state index contributed by atoms with van der Waals surface area (Å²) in [6, 6.07) is 7.14. The molecule has 0 fully saturated rings. The standard InChI is InChI=1S/C11H11F3N2O/c1-17-9-4-2-3-8(5-9)10(6-15)16-7-11(12,13)14/h2-5,10,16H,7H2,1H3. The molecule has 0 aliphatic heterocycles. The van der Waals surface area contributed by atoms with E-state index in [9.17, 15) is 13.2 Å². The molecule has 0 radical (unpaired) electrons. The van der Waals surface area contributed by atoms with Gasteiger partial charge in [0.15, 0.2) is 0 Å². The molecule has 0 aromatic heterocycles. The fourth-order valence-corrected chi connectivity index (χ4v) is 1.28. The maximum Gasteiger partial charge on any atom is 0.401 e. The molecule has 1 aromatic carbocycles. The minimum absolute atomic E-state index is 0.441. The number of hydrogen-bond donors (Lipinski definition) is 1. The summed E-state index contributed by atoms with van der Waals surface area (Å²) < 4.78 is 41.0. The van der Waals surface area contributed by atoms with E-state index in [2.05, 4.69) is 5.32 Å². The van der Waals surface area contributed by atoms with Gasteiger partial charge in [-0.2, -0.15) is 18.4 Å². The maximum absolute atomic E-state index is 12.0. The van der Waals surface area contributed by atoms with Crippen molar-refractivity contribution in [2.45, 2.75) is 12.2 Å². The number of halogens is 3. The monoisotopic (exact) mass is 244 g/mol. The lowest BCUT2D eigenvalue weighted by molar-refractivity contribution is -0.125. The molecule has 92 valence electrons. The van der Waals surface area contributed by atoms with E-state index in [4.69, 9.17) is 10.00 Å². The number of hydrogen-bond acceptors (Lipinski definition) is 3. The van der Waals surface area contributed by atoms with Crippen LogP contribution in [0.1, 0.15) is 11.6 Å². The van der Waals surface area contributed by atoms with Crippen molar-refractivity contribution in [1.29, 1.82) is 5.26 Å². The molecule has 1 rings (SSSR count). The van der Waals surface area contributed by atoms with Gasteiger partial charge in [0.1, 0.15) is 11.8 Å². The summed E-state index contributed by atoms with van der Waals surface area (Å²) in [5.74, 6) is 0.497. The minimum Gasteiger partial charge on any atom is -0.497 e. The molecule has 0 spiro atoms. The predicted molar refractivity (Wildman–Crippen MR) is 55.4 cm³/mol. The molecular weight excluding hydrogens is 233 g/mol. The second kappa shape index (κ2) is 5.55. The van der Waals surface area contributed by atoms with Gasteiger partial charge in [0.05, 0.1) is 19.7 Å². The number of rotatable bonds is 4. The first-order chi connectivity index (χ1) is 7.96. The normalized spacial score (nSPS) is 12.9. The molecule has 0 saturated carbocycles. The summed E-state index contributed by atoms with van der Waals surface area (Å²) in [7, 11) is 1.45. The Balaban J connectivity index is 2.76. The van der Waals surface area contributed by atoms with E-state index in [1.807, 2.05) is 0 Å². The molecule has 1 aromatic rings. The van der Waals surface area contributed by atoms with Gasteiger partial charge < -0.3 is 4.74 Å². The van der Waals surface area contributed by atoms with Gasteiger partial charge in [0.2, 0.25) is 0 Å². The molecule has 0 amide bonds. The van der Waals surface area contributed by atoms with Crippen molar-refractivity contribution in [3.63, 3.8) is 0 Å². The van der Waals surface area contributed by atoms with Crippen LogP contribution in [0.4, 0.5) is 13.2 Å². The third-order valence-corrected chi connectivity index (χ3v) is 2.06. The maximum atomic E-state index is 12.0. The highest BCUT2D eigenvalue weighted by molar-refractivity contribution is 5.32.